The van der Waals surface area contributed by atoms with Gasteiger partial charge in [0.15, 0.2) is 0 Å². The van der Waals surface area contributed by atoms with E-state index < -0.39 is 47.9 Å². The van der Waals surface area contributed by atoms with Crippen LogP contribution in [0.1, 0.15) is 33.1 Å². The van der Waals surface area contributed by atoms with Crippen LogP contribution < -0.4 is 21.3 Å². The number of hydrogen-bond acceptors (Lipinski definition) is 20. The standard InChI is InChI=1S/C37H58N8O14/c1-7-13-38-29(46)23-37(40-25-52-15-19-56-31(48)9-3)42-35(44(24-30(47)39-14-8-2)26-53-16-20-57-32(49)10-4)41-36(43-37)45(27-54-17-21-58-33(50)11-5)28-55-18-22-59-34(51)12-6/h9-12,40H,3-8,13-28H2,1-2H3,(H,38,46)(H,39,47)(H,41,42,43). The largest absolute Gasteiger partial charge is 0.460 e. The first-order valence-electron chi connectivity index (χ1n) is 18.7. The van der Waals surface area contributed by atoms with Crippen LogP contribution in [-0.4, -0.2) is 163 Å². The number of aliphatic imine (C=N–C) groups is 2. The number of carbonyl (C=O) groups is 6. The Morgan fingerprint density at radius 2 is 0.983 bits per heavy atom. The highest BCUT2D eigenvalue weighted by molar-refractivity contribution is 6.01. The van der Waals surface area contributed by atoms with E-state index >= 15 is 0 Å². The molecule has 59 heavy (non-hydrogen) atoms. The van der Waals surface area contributed by atoms with E-state index in [-0.39, 0.29) is 98.2 Å². The first-order valence-corrected chi connectivity index (χ1v) is 18.7. The minimum absolute atomic E-state index is 0.00901. The molecular weight excluding hydrogens is 780 g/mol. The highest BCUT2D eigenvalue weighted by atomic mass is 16.6. The molecule has 0 saturated carbocycles. The zero-order chi connectivity index (χ0) is 43.7. The quantitative estimate of drug-likeness (QED) is 0.0212. The lowest BCUT2D eigenvalue weighted by Crippen LogP contribution is -2.61. The molecule has 0 aromatic carbocycles. The molecule has 4 N–H and O–H groups in total. The zero-order valence-electron chi connectivity index (χ0n) is 33.9. The Morgan fingerprint density at radius 1 is 0.593 bits per heavy atom. The van der Waals surface area contributed by atoms with Crippen LogP contribution >= 0.6 is 0 Å². The maximum absolute atomic E-state index is 13.4. The molecule has 1 aliphatic heterocycles. The lowest BCUT2D eigenvalue weighted by atomic mass is 10.2. The summed E-state index contributed by atoms with van der Waals surface area (Å²) in [7, 11) is 0. The molecule has 0 spiro atoms. The van der Waals surface area contributed by atoms with Gasteiger partial charge in [-0.25, -0.2) is 29.2 Å². The molecule has 0 aromatic rings. The number of nitrogens with zero attached hydrogens (tertiary/aromatic N) is 4. The average Bonchev–Trinajstić information content (AvgIpc) is 3.23. The molecule has 0 aromatic heterocycles. The van der Waals surface area contributed by atoms with Crippen LogP contribution in [0.4, 0.5) is 0 Å². The van der Waals surface area contributed by atoms with Gasteiger partial charge in [0, 0.05) is 37.4 Å². The predicted octanol–water partition coefficient (Wildman–Crippen LogP) is -0.595. The Labute approximate surface area is 344 Å². The highest BCUT2D eigenvalue weighted by Crippen LogP contribution is 2.21. The van der Waals surface area contributed by atoms with Gasteiger partial charge in [-0.3, -0.25) is 25.1 Å². The molecule has 1 heterocycles. The Bertz CT molecular complexity index is 1430. The SMILES string of the molecule is C=CC(=O)OCCOCNC1(CC(=O)NCCC)N=C(N(COCCOC(=O)C=C)COCCOC(=O)C=C)NC(N(COCCOC(=O)C=C)CC(=O)NCCC)=N1. The predicted molar refractivity (Wildman–Crippen MR) is 212 cm³/mol. The summed E-state index contributed by atoms with van der Waals surface area (Å²) in [5, 5.41) is 11.7. The molecule has 0 saturated heterocycles. The Hall–Kier alpha value is -5.68. The fourth-order valence-corrected chi connectivity index (χ4v) is 4.24. The molecule has 2 amide bonds. The smallest absolute Gasteiger partial charge is 0.330 e. The van der Waals surface area contributed by atoms with Crippen LogP contribution in [-0.2, 0) is 66.7 Å². The second kappa shape index (κ2) is 31.3. The fourth-order valence-electron chi connectivity index (χ4n) is 4.24. The van der Waals surface area contributed by atoms with Crippen molar-refractivity contribution in [2.24, 2.45) is 9.98 Å². The van der Waals surface area contributed by atoms with Gasteiger partial charge < -0.3 is 53.4 Å². The van der Waals surface area contributed by atoms with Crippen molar-refractivity contribution in [3.8, 4) is 0 Å². The number of carbonyl (C=O) groups excluding carboxylic acids is 6. The van der Waals surface area contributed by atoms with Gasteiger partial charge in [-0.15, -0.1) is 0 Å². The monoisotopic (exact) mass is 838 g/mol. The van der Waals surface area contributed by atoms with Gasteiger partial charge in [-0.1, -0.05) is 40.2 Å². The summed E-state index contributed by atoms with van der Waals surface area (Å²) in [5.41, 5.74) is 0. The summed E-state index contributed by atoms with van der Waals surface area (Å²) in [6, 6.07) is 0. The molecule has 330 valence electrons. The second-order valence-electron chi connectivity index (χ2n) is 11.8. The minimum atomic E-state index is -1.83. The summed E-state index contributed by atoms with van der Waals surface area (Å²) < 4.78 is 43.0. The van der Waals surface area contributed by atoms with Crippen molar-refractivity contribution >= 4 is 47.6 Å². The molecule has 1 rings (SSSR count). The van der Waals surface area contributed by atoms with E-state index in [2.05, 4.69) is 47.6 Å². The van der Waals surface area contributed by atoms with E-state index in [4.69, 9.17) is 47.9 Å². The average molecular weight is 839 g/mol. The first kappa shape index (κ1) is 51.3. The van der Waals surface area contributed by atoms with Gasteiger partial charge in [0.2, 0.25) is 29.5 Å². The van der Waals surface area contributed by atoms with Gasteiger partial charge in [0.05, 0.1) is 39.6 Å². The Morgan fingerprint density at radius 3 is 1.41 bits per heavy atom. The normalized spacial score (nSPS) is 14.2. The maximum Gasteiger partial charge on any atom is 0.330 e. The molecule has 1 atom stereocenters. The van der Waals surface area contributed by atoms with Crippen molar-refractivity contribution in [1.29, 1.82) is 0 Å². The van der Waals surface area contributed by atoms with Crippen LogP contribution in [0.15, 0.2) is 60.6 Å². The van der Waals surface area contributed by atoms with E-state index in [1.807, 2.05) is 13.8 Å². The molecule has 0 aliphatic carbocycles. The lowest BCUT2D eigenvalue weighted by molar-refractivity contribution is -0.141. The van der Waals surface area contributed by atoms with Crippen LogP contribution in [0.25, 0.3) is 0 Å². The summed E-state index contributed by atoms with van der Waals surface area (Å²) in [5.74, 6) is -5.27. The first-order chi connectivity index (χ1) is 28.5. The molecule has 0 radical (unpaired) electrons. The van der Waals surface area contributed by atoms with Crippen molar-refractivity contribution in [2.75, 3.05) is 99.4 Å². The minimum Gasteiger partial charge on any atom is -0.460 e. The molecule has 1 aliphatic rings. The van der Waals surface area contributed by atoms with Crippen LogP contribution in [0.2, 0.25) is 0 Å². The van der Waals surface area contributed by atoms with Crippen molar-refractivity contribution in [1.82, 2.24) is 31.1 Å². The van der Waals surface area contributed by atoms with Gasteiger partial charge in [0.25, 0.3) is 0 Å². The summed E-state index contributed by atoms with van der Waals surface area (Å²) in [6.45, 7) is 15.9. The van der Waals surface area contributed by atoms with E-state index in [0.29, 0.717) is 25.9 Å². The maximum atomic E-state index is 13.4. The Balaban J connectivity index is 3.70. The lowest BCUT2D eigenvalue weighted by Gasteiger charge is -2.38. The van der Waals surface area contributed by atoms with Crippen LogP contribution in [0.3, 0.4) is 0 Å². The number of guanidine groups is 2. The van der Waals surface area contributed by atoms with E-state index in [0.717, 1.165) is 24.3 Å². The van der Waals surface area contributed by atoms with Crippen molar-refractivity contribution < 1.29 is 66.7 Å². The highest BCUT2D eigenvalue weighted by Gasteiger charge is 2.39. The van der Waals surface area contributed by atoms with E-state index in [1.54, 1.807) is 0 Å². The number of amides is 2. The van der Waals surface area contributed by atoms with Gasteiger partial charge in [-0.05, 0) is 12.8 Å². The molecular formula is C37H58N8O14. The summed E-state index contributed by atoms with van der Waals surface area (Å²) in [4.78, 5) is 85.3. The fraction of sp³-hybridized carbons (Fsp3) is 0.568. The summed E-state index contributed by atoms with van der Waals surface area (Å²) in [6.07, 6.45) is 4.93. The second-order valence-corrected chi connectivity index (χ2v) is 11.8. The third kappa shape index (κ3) is 23.4. The van der Waals surface area contributed by atoms with Crippen molar-refractivity contribution in [3.63, 3.8) is 0 Å². The third-order valence-corrected chi connectivity index (χ3v) is 7.04. The van der Waals surface area contributed by atoms with Crippen LogP contribution in [0, 0.1) is 0 Å². The van der Waals surface area contributed by atoms with E-state index in [1.165, 1.54) is 9.80 Å². The number of nitrogens with one attached hydrogen (secondary N) is 4. The third-order valence-electron chi connectivity index (χ3n) is 7.04. The van der Waals surface area contributed by atoms with Crippen LogP contribution in [0.5, 0.6) is 0 Å². The number of esters is 4. The topological polar surface area (TPSA) is 256 Å². The van der Waals surface area contributed by atoms with Gasteiger partial charge >= 0.3 is 23.9 Å². The number of hydrogen-bond donors (Lipinski definition) is 4. The molecule has 22 nitrogen and oxygen atoms in total. The zero-order valence-corrected chi connectivity index (χ0v) is 33.9. The molecule has 22 heteroatoms. The number of ether oxygens (including phenoxy) is 8. The molecule has 1 unspecified atom stereocenters. The molecule has 0 fully saturated rings. The van der Waals surface area contributed by atoms with Gasteiger partial charge in [0.1, 0.15) is 53.2 Å². The van der Waals surface area contributed by atoms with Crippen molar-refractivity contribution in [2.45, 2.75) is 38.9 Å². The van der Waals surface area contributed by atoms with Gasteiger partial charge in [-0.2, -0.15) is 0 Å². The number of rotatable bonds is 33. The summed E-state index contributed by atoms with van der Waals surface area (Å²) >= 11 is 0. The van der Waals surface area contributed by atoms with E-state index in [9.17, 15) is 28.8 Å². The molecule has 0 bridgehead atoms. The van der Waals surface area contributed by atoms with Crippen molar-refractivity contribution in [3.05, 3.63) is 50.6 Å². The Kier molecular flexibility index (Phi) is 27.3.